The van der Waals surface area contributed by atoms with Crippen LogP contribution in [-0.4, -0.2) is 11.8 Å². The Morgan fingerprint density at radius 2 is 1.67 bits per heavy atom. The number of esters is 1. The van der Waals surface area contributed by atoms with Crippen LogP contribution in [0.2, 0.25) is 0 Å². The number of benzene rings is 3. The van der Waals surface area contributed by atoms with Gasteiger partial charge in [-0.1, -0.05) is 63.2 Å². The van der Waals surface area contributed by atoms with Crippen molar-refractivity contribution in [1.82, 2.24) is 0 Å². The second-order valence-electron chi connectivity index (χ2n) is 7.90. The molecule has 0 spiro atoms. The Balaban J connectivity index is 1.88. The monoisotopic (exact) mass is 360 g/mol. The van der Waals surface area contributed by atoms with Crippen LogP contribution in [-0.2, 0) is 6.42 Å². The lowest BCUT2D eigenvalue weighted by Gasteiger charge is -2.18. The molecule has 0 aromatic heterocycles. The molecule has 3 aromatic carbocycles. The lowest BCUT2D eigenvalue weighted by atomic mass is 9.88. The Bertz CT molecular complexity index is 999. The zero-order chi connectivity index (χ0) is 19.6. The molecule has 0 aliphatic heterocycles. The zero-order valence-corrected chi connectivity index (χ0v) is 15.9. The molecule has 0 aliphatic carbocycles. The number of rotatable bonds is 4. The van der Waals surface area contributed by atoms with E-state index in [9.17, 15) is 4.79 Å². The highest BCUT2D eigenvalue weighted by Crippen LogP contribution is 2.28. The normalized spacial score (nSPS) is 11.4. The largest absolute Gasteiger partial charge is 0.422 e. The van der Waals surface area contributed by atoms with E-state index in [1.165, 1.54) is 5.56 Å². The van der Waals surface area contributed by atoms with Gasteiger partial charge in [0, 0.05) is 0 Å². The van der Waals surface area contributed by atoms with E-state index < -0.39 is 5.97 Å². The summed E-state index contributed by atoms with van der Waals surface area (Å²) in [6.07, 6.45) is 0.932. The van der Waals surface area contributed by atoms with Gasteiger partial charge in [-0.25, -0.2) is 4.79 Å². The number of amidine groups is 1. The van der Waals surface area contributed by atoms with Crippen LogP contribution in [0.15, 0.2) is 60.7 Å². The summed E-state index contributed by atoms with van der Waals surface area (Å²) >= 11 is 0. The number of nitrogens with two attached hydrogens (primary N) is 1. The summed E-state index contributed by atoms with van der Waals surface area (Å²) in [5.41, 5.74) is 8.03. The summed E-state index contributed by atoms with van der Waals surface area (Å²) in [6, 6.07) is 18.6. The van der Waals surface area contributed by atoms with E-state index in [1.807, 2.05) is 42.5 Å². The average Bonchev–Trinajstić information content (AvgIpc) is 2.60. The van der Waals surface area contributed by atoms with E-state index in [2.05, 4.69) is 20.8 Å². The zero-order valence-electron chi connectivity index (χ0n) is 15.9. The number of ether oxygens (including phenoxy) is 1. The fourth-order valence-electron chi connectivity index (χ4n) is 3.14. The van der Waals surface area contributed by atoms with Crippen LogP contribution in [0, 0.1) is 10.8 Å². The summed E-state index contributed by atoms with van der Waals surface area (Å²) in [7, 11) is 0. The molecule has 3 N–H and O–H groups in total. The molecule has 138 valence electrons. The van der Waals surface area contributed by atoms with E-state index in [1.54, 1.807) is 18.2 Å². The Labute approximate surface area is 159 Å². The van der Waals surface area contributed by atoms with E-state index >= 15 is 0 Å². The fraction of sp³-hybridized carbons (Fsp3) is 0.217. The number of hydrogen-bond donors (Lipinski definition) is 2. The molecule has 0 bridgehead atoms. The first kappa shape index (κ1) is 18.6. The first-order chi connectivity index (χ1) is 12.7. The minimum atomic E-state index is -0.463. The summed E-state index contributed by atoms with van der Waals surface area (Å²) in [5, 5.41) is 9.63. The Hall–Kier alpha value is -3.14. The first-order valence-corrected chi connectivity index (χ1v) is 8.92. The highest BCUT2D eigenvalue weighted by atomic mass is 16.5. The van der Waals surface area contributed by atoms with Crippen molar-refractivity contribution in [1.29, 1.82) is 5.41 Å². The van der Waals surface area contributed by atoms with Crippen LogP contribution < -0.4 is 10.5 Å². The van der Waals surface area contributed by atoms with Crippen LogP contribution in [0.25, 0.3) is 10.8 Å². The standard InChI is InChI=1S/C23H24N2O2/c1-23(2,3)14-15-8-10-17(11-9-15)22(26)27-19-13-12-16-6-4-5-7-18(16)20(19)21(24)25/h4-13H,14H2,1-3H3,(H3,24,25). The molecule has 0 unspecified atom stereocenters. The minimum Gasteiger partial charge on any atom is -0.422 e. The number of carbonyl (C=O) groups is 1. The van der Waals surface area contributed by atoms with Crippen molar-refractivity contribution in [2.24, 2.45) is 11.1 Å². The van der Waals surface area contributed by atoms with Crippen molar-refractivity contribution >= 4 is 22.6 Å². The summed E-state index contributed by atoms with van der Waals surface area (Å²) in [4.78, 5) is 12.6. The average molecular weight is 360 g/mol. The van der Waals surface area contributed by atoms with Crippen molar-refractivity contribution in [2.45, 2.75) is 27.2 Å². The maximum atomic E-state index is 12.6. The maximum Gasteiger partial charge on any atom is 0.343 e. The molecule has 0 radical (unpaired) electrons. The third-order valence-corrected chi connectivity index (χ3v) is 4.29. The van der Waals surface area contributed by atoms with Gasteiger partial charge in [0.2, 0.25) is 0 Å². The summed E-state index contributed by atoms with van der Waals surface area (Å²) < 4.78 is 5.58. The number of hydrogen-bond acceptors (Lipinski definition) is 3. The van der Waals surface area contributed by atoms with Crippen LogP contribution in [0.4, 0.5) is 0 Å². The molecule has 4 nitrogen and oxygen atoms in total. The van der Waals surface area contributed by atoms with Gasteiger partial charge in [0.15, 0.2) is 0 Å². The molecule has 0 aliphatic rings. The number of fused-ring (bicyclic) bond motifs is 1. The van der Waals surface area contributed by atoms with E-state index in [-0.39, 0.29) is 11.3 Å². The molecule has 4 heteroatoms. The van der Waals surface area contributed by atoms with Crippen LogP contribution in [0.3, 0.4) is 0 Å². The Kier molecular flexibility index (Phi) is 5.00. The van der Waals surface area contributed by atoms with Crippen molar-refractivity contribution < 1.29 is 9.53 Å². The molecule has 0 saturated carbocycles. The molecule has 3 rings (SSSR count). The van der Waals surface area contributed by atoms with E-state index in [0.29, 0.717) is 16.9 Å². The quantitative estimate of drug-likeness (QED) is 0.300. The summed E-state index contributed by atoms with van der Waals surface area (Å²) in [6.45, 7) is 6.54. The second-order valence-corrected chi connectivity index (χ2v) is 7.90. The number of nitrogens with one attached hydrogen (secondary N) is 1. The molecule has 0 fully saturated rings. The Morgan fingerprint density at radius 1 is 1.00 bits per heavy atom. The molecule has 0 amide bonds. The maximum absolute atomic E-state index is 12.6. The fourth-order valence-corrected chi connectivity index (χ4v) is 3.14. The predicted octanol–water partition coefficient (Wildman–Crippen LogP) is 4.93. The minimum absolute atomic E-state index is 0.130. The van der Waals surface area contributed by atoms with Gasteiger partial charge in [-0.2, -0.15) is 0 Å². The van der Waals surface area contributed by atoms with Gasteiger partial charge in [-0.3, -0.25) is 5.41 Å². The van der Waals surface area contributed by atoms with Crippen molar-refractivity contribution in [2.75, 3.05) is 0 Å². The molecular weight excluding hydrogens is 336 g/mol. The molecule has 0 atom stereocenters. The van der Waals surface area contributed by atoms with Crippen LogP contribution in [0.5, 0.6) is 5.75 Å². The SMILES string of the molecule is CC(C)(C)Cc1ccc(C(=O)Oc2ccc3ccccc3c2C(=N)N)cc1. The van der Waals surface area contributed by atoms with Gasteiger partial charge in [-0.15, -0.1) is 0 Å². The van der Waals surface area contributed by atoms with Gasteiger partial charge >= 0.3 is 5.97 Å². The highest BCUT2D eigenvalue weighted by molar-refractivity contribution is 6.10. The molecule has 0 heterocycles. The van der Waals surface area contributed by atoms with Crippen molar-refractivity contribution in [3.8, 4) is 5.75 Å². The smallest absolute Gasteiger partial charge is 0.343 e. The number of carbonyl (C=O) groups excluding carboxylic acids is 1. The predicted molar refractivity (Wildman–Crippen MR) is 110 cm³/mol. The lowest BCUT2D eigenvalue weighted by Crippen LogP contribution is -2.16. The van der Waals surface area contributed by atoms with E-state index in [0.717, 1.165) is 17.2 Å². The van der Waals surface area contributed by atoms with E-state index in [4.69, 9.17) is 15.9 Å². The highest BCUT2D eigenvalue weighted by Gasteiger charge is 2.17. The first-order valence-electron chi connectivity index (χ1n) is 8.92. The lowest BCUT2D eigenvalue weighted by molar-refractivity contribution is 0.0734. The van der Waals surface area contributed by atoms with Gasteiger partial charge in [-0.05, 0) is 46.4 Å². The molecule has 3 aromatic rings. The topological polar surface area (TPSA) is 76.2 Å². The molecule has 0 saturated heterocycles. The molecule has 27 heavy (non-hydrogen) atoms. The van der Waals surface area contributed by atoms with Gasteiger partial charge in [0.05, 0.1) is 11.1 Å². The molecular formula is C23H24N2O2. The van der Waals surface area contributed by atoms with Crippen molar-refractivity contribution in [3.63, 3.8) is 0 Å². The second kappa shape index (κ2) is 7.23. The van der Waals surface area contributed by atoms with Gasteiger partial charge in [0.1, 0.15) is 11.6 Å². The van der Waals surface area contributed by atoms with Gasteiger partial charge in [0.25, 0.3) is 0 Å². The third kappa shape index (κ3) is 4.34. The number of nitrogen functional groups attached to an aromatic ring is 1. The summed E-state index contributed by atoms with van der Waals surface area (Å²) in [5.74, 6) is -0.296. The Morgan fingerprint density at radius 3 is 2.30 bits per heavy atom. The van der Waals surface area contributed by atoms with Gasteiger partial charge < -0.3 is 10.5 Å². The van der Waals surface area contributed by atoms with Crippen LogP contribution in [0.1, 0.15) is 42.3 Å². The third-order valence-electron chi connectivity index (χ3n) is 4.29. The van der Waals surface area contributed by atoms with Crippen LogP contribution >= 0.6 is 0 Å². The van der Waals surface area contributed by atoms with Crippen molar-refractivity contribution in [3.05, 3.63) is 77.4 Å².